The molecule has 0 bridgehead atoms. The highest BCUT2D eigenvalue weighted by Gasteiger charge is 2.17. The van der Waals surface area contributed by atoms with E-state index in [1.807, 2.05) is 0 Å². The average molecular weight is 301 g/mol. The van der Waals surface area contributed by atoms with Crippen LogP contribution in [0.1, 0.15) is 6.92 Å². The monoisotopic (exact) mass is 300 g/mol. The molecule has 2 N–H and O–H groups in total. The number of halogens is 2. The summed E-state index contributed by atoms with van der Waals surface area (Å²) < 4.78 is 12.9. The van der Waals surface area contributed by atoms with Crippen LogP contribution in [0.4, 0.5) is 10.1 Å². The summed E-state index contributed by atoms with van der Waals surface area (Å²) in [6.45, 7) is 1.72. The summed E-state index contributed by atoms with van der Waals surface area (Å²) in [6.07, 6.45) is 1.36. The molecule has 1 aromatic heterocycles. The van der Waals surface area contributed by atoms with Crippen molar-refractivity contribution in [2.75, 3.05) is 5.32 Å². The maximum atomic E-state index is 12.9. The predicted octanol–water partition coefficient (Wildman–Crippen LogP) is 2.72. The number of thioether (sulfide) groups is 1. The lowest BCUT2D eigenvalue weighted by atomic mass is 10.3. The number of anilines is 1. The van der Waals surface area contributed by atoms with Crippen LogP contribution < -0.4 is 5.32 Å². The predicted molar refractivity (Wildman–Crippen MR) is 71.7 cm³/mol. The summed E-state index contributed by atoms with van der Waals surface area (Å²) in [5.74, 6) is -0.706. The molecule has 19 heavy (non-hydrogen) atoms. The molecule has 0 aliphatic rings. The van der Waals surface area contributed by atoms with Crippen molar-refractivity contribution in [2.45, 2.75) is 17.3 Å². The third-order valence-electron chi connectivity index (χ3n) is 2.24. The fourth-order valence-electron chi connectivity index (χ4n) is 1.30. The second-order valence-electron chi connectivity index (χ2n) is 3.66. The highest BCUT2D eigenvalue weighted by Crippen LogP contribution is 2.24. The van der Waals surface area contributed by atoms with E-state index in [0.29, 0.717) is 10.8 Å². The Labute approximate surface area is 118 Å². The number of benzene rings is 1. The molecular formula is C11H10ClFN4OS. The molecule has 0 radical (unpaired) electrons. The van der Waals surface area contributed by atoms with Crippen LogP contribution in [0.25, 0.3) is 0 Å². The molecule has 1 heterocycles. The van der Waals surface area contributed by atoms with E-state index in [2.05, 4.69) is 20.5 Å². The van der Waals surface area contributed by atoms with Gasteiger partial charge in [-0.1, -0.05) is 23.4 Å². The number of nitrogens with zero attached hydrogens (tertiary/aromatic N) is 2. The van der Waals surface area contributed by atoms with E-state index in [0.717, 1.165) is 6.07 Å². The maximum Gasteiger partial charge on any atom is 0.237 e. The van der Waals surface area contributed by atoms with Gasteiger partial charge in [-0.15, -0.1) is 0 Å². The molecule has 0 fully saturated rings. The van der Waals surface area contributed by atoms with Crippen LogP contribution in [-0.2, 0) is 4.79 Å². The molecule has 0 saturated heterocycles. The number of amides is 1. The van der Waals surface area contributed by atoms with E-state index >= 15 is 0 Å². The Morgan fingerprint density at radius 3 is 3.00 bits per heavy atom. The second-order valence-corrected chi connectivity index (χ2v) is 5.40. The minimum atomic E-state index is -0.452. The molecule has 0 saturated carbocycles. The number of rotatable bonds is 4. The van der Waals surface area contributed by atoms with Gasteiger partial charge in [0.1, 0.15) is 12.1 Å². The molecule has 0 spiro atoms. The van der Waals surface area contributed by atoms with Crippen molar-refractivity contribution in [1.82, 2.24) is 15.2 Å². The van der Waals surface area contributed by atoms with Crippen molar-refractivity contribution in [1.29, 1.82) is 0 Å². The lowest BCUT2D eigenvalue weighted by Gasteiger charge is -2.11. The maximum absolute atomic E-state index is 12.9. The molecule has 2 aromatic rings. The van der Waals surface area contributed by atoms with Gasteiger partial charge in [0.15, 0.2) is 5.16 Å². The van der Waals surface area contributed by atoms with E-state index in [4.69, 9.17) is 11.6 Å². The van der Waals surface area contributed by atoms with Gasteiger partial charge < -0.3 is 5.32 Å². The zero-order valence-electron chi connectivity index (χ0n) is 9.85. The average Bonchev–Trinajstić information content (AvgIpc) is 2.85. The van der Waals surface area contributed by atoms with Gasteiger partial charge in [0.25, 0.3) is 0 Å². The van der Waals surface area contributed by atoms with Gasteiger partial charge in [0.2, 0.25) is 5.91 Å². The standard InChI is InChI=1S/C11H10ClFN4OS/c1-6(19-11-14-5-15-17-11)10(18)16-9-3-2-7(13)4-8(9)12/h2-6H,1H3,(H,16,18)(H,14,15,17)/t6-/m1/s1. The lowest BCUT2D eigenvalue weighted by Crippen LogP contribution is -2.22. The first-order chi connectivity index (χ1) is 9.06. The van der Waals surface area contributed by atoms with E-state index in [9.17, 15) is 9.18 Å². The van der Waals surface area contributed by atoms with Crippen molar-refractivity contribution in [3.8, 4) is 0 Å². The molecule has 100 valence electrons. The van der Waals surface area contributed by atoms with Crippen LogP contribution in [0, 0.1) is 5.82 Å². The van der Waals surface area contributed by atoms with Gasteiger partial charge in [0.05, 0.1) is 16.0 Å². The Hall–Kier alpha value is -1.60. The van der Waals surface area contributed by atoms with Crippen LogP contribution in [0.5, 0.6) is 0 Å². The Balaban J connectivity index is 2.00. The zero-order valence-corrected chi connectivity index (χ0v) is 11.4. The summed E-state index contributed by atoms with van der Waals surface area (Å²) in [5, 5.41) is 9.28. The third kappa shape index (κ3) is 3.68. The molecule has 1 aromatic carbocycles. The number of nitrogens with one attached hydrogen (secondary N) is 2. The smallest absolute Gasteiger partial charge is 0.237 e. The van der Waals surface area contributed by atoms with Crippen molar-refractivity contribution in [3.05, 3.63) is 35.4 Å². The number of H-pyrrole nitrogens is 1. The van der Waals surface area contributed by atoms with Gasteiger partial charge in [-0.3, -0.25) is 9.89 Å². The quantitative estimate of drug-likeness (QED) is 0.852. The van der Waals surface area contributed by atoms with Gasteiger partial charge in [-0.05, 0) is 25.1 Å². The Kier molecular flexibility index (Phi) is 4.39. The molecule has 8 heteroatoms. The lowest BCUT2D eigenvalue weighted by molar-refractivity contribution is -0.115. The van der Waals surface area contributed by atoms with Crippen molar-refractivity contribution in [2.24, 2.45) is 0 Å². The van der Waals surface area contributed by atoms with Crippen LogP contribution in [-0.4, -0.2) is 26.3 Å². The summed E-state index contributed by atoms with van der Waals surface area (Å²) >= 11 is 7.06. The fourth-order valence-corrected chi connectivity index (χ4v) is 2.23. The highest BCUT2D eigenvalue weighted by atomic mass is 35.5. The highest BCUT2D eigenvalue weighted by molar-refractivity contribution is 8.00. The van der Waals surface area contributed by atoms with Crippen LogP contribution in [0.15, 0.2) is 29.7 Å². The van der Waals surface area contributed by atoms with Crippen molar-refractivity contribution >= 4 is 35.0 Å². The Bertz CT molecular complexity index is 578. The van der Waals surface area contributed by atoms with E-state index in [1.54, 1.807) is 6.92 Å². The van der Waals surface area contributed by atoms with Crippen LogP contribution >= 0.6 is 23.4 Å². The number of hydrogen-bond donors (Lipinski definition) is 2. The van der Waals surface area contributed by atoms with Gasteiger partial charge >= 0.3 is 0 Å². The van der Waals surface area contributed by atoms with Crippen LogP contribution in [0.3, 0.4) is 0 Å². The molecular weight excluding hydrogens is 291 g/mol. The van der Waals surface area contributed by atoms with E-state index in [1.165, 1.54) is 30.2 Å². The van der Waals surface area contributed by atoms with Gasteiger partial charge in [-0.25, -0.2) is 9.37 Å². The zero-order chi connectivity index (χ0) is 13.8. The van der Waals surface area contributed by atoms with Crippen molar-refractivity contribution < 1.29 is 9.18 Å². The summed E-state index contributed by atoms with van der Waals surface area (Å²) in [5.41, 5.74) is 0.373. The molecule has 0 unspecified atom stereocenters. The summed E-state index contributed by atoms with van der Waals surface area (Å²) in [6, 6.07) is 3.79. The SMILES string of the molecule is C[C@@H](Sc1ncn[nH]1)C(=O)Nc1ccc(F)cc1Cl. The molecule has 5 nitrogen and oxygen atoms in total. The minimum Gasteiger partial charge on any atom is -0.324 e. The fraction of sp³-hybridized carbons (Fsp3) is 0.182. The number of aromatic nitrogens is 3. The van der Waals surface area contributed by atoms with Gasteiger partial charge in [-0.2, -0.15) is 5.10 Å². The molecule has 2 rings (SSSR count). The van der Waals surface area contributed by atoms with E-state index < -0.39 is 11.1 Å². The normalized spacial score (nSPS) is 12.2. The Morgan fingerprint density at radius 2 is 2.37 bits per heavy atom. The number of aromatic amines is 1. The first kappa shape index (κ1) is 13.8. The topological polar surface area (TPSA) is 70.7 Å². The first-order valence-corrected chi connectivity index (χ1v) is 6.60. The molecule has 1 atom stereocenters. The second kappa shape index (κ2) is 6.03. The minimum absolute atomic E-state index is 0.158. The van der Waals surface area contributed by atoms with Crippen molar-refractivity contribution in [3.63, 3.8) is 0 Å². The largest absolute Gasteiger partial charge is 0.324 e. The van der Waals surface area contributed by atoms with Crippen LogP contribution in [0.2, 0.25) is 5.02 Å². The third-order valence-corrected chi connectivity index (χ3v) is 3.54. The van der Waals surface area contributed by atoms with E-state index in [-0.39, 0.29) is 10.9 Å². The molecule has 1 amide bonds. The first-order valence-electron chi connectivity index (χ1n) is 5.34. The van der Waals surface area contributed by atoms with Gasteiger partial charge in [0, 0.05) is 0 Å². The number of carbonyl (C=O) groups excluding carboxylic acids is 1. The molecule has 0 aliphatic carbocycles. The summed E-state index contributed by atoms with van der Waals surface area (Å²) in [7, 11) is 0. The molecule has 0 aliphatic heterocycles. The number of carbonyl (C=O) groups is 1. The summed E-state index contributed by atoms with van der Waals surface area (Å²) in [4.78, 5) is 15.8. The number of hydrogen-bond acceptors (Lipinski definition) is 4. The Morgan fingerprint density at radius 1 is 1.58 bits per heavy atom.